The molecule has 0 fully saturated rings. The van der Waals surface area contributed by atoms with Crippen LogP contribution in [0.4, 0.5) is 24.5 Å². The van der Waals surface area contributed by atoms with Crippen molar-refractivity contribution < 1.29 is 22.8 Å². The van der Waals surface area contributed by atoms with Crippen molar-refractivity contribution >= 4 is 28.8 Å². The number of nitrogens with one attached hydrogen (secondary N) is 1. The van der Waals surface area contributed by atoms with Crippen LogP contribution in [-0.4, -0.2) is 11.8 Å². The van der Waals surface area contributed by atoms with Gasteiger partial charge in [0.15, 0.2) is 0 Å². The van der Waals surface area contributed by atoms with Crippen molar-refractivity contribution in [2.24, 2.45) is 0 Å². The summed E-state index contributed by atoms with van der Waals surface area (Å²) in [4.78, 5) is 27.6. The average Bonchev–Trinajstić information content (AvgIpc) is 3.04. The SMILES string of the molecule is CCc1ccc(NC2=C(c3ccc(C)cc3)C(=O)N(c3ccc(C(F)(F)F)cc3)C2=O)cc1. The number of aryl methyl sites for hydroxylation is 2. The van der Waals surface area contributed by atoms with Crippen LogP contribution in [0.15, 0.2) is 78.5 Å². The number of carbonyl (C=O) groups excluding carboxylic acids is 2. The minimum atomic E-state index is -4.51. The predicted molar refractivity (Wildman–Crippen MR) is 121 cm³/mol. The first-order chi connectivity index (χ1) is 15.7. The van der Waals surface area contributed by atoms with Crippen LogP contribution in [0.2, 0.25) is 0 Å². The van der Waals surface area contributed by atoms with E-state index in [0.717, 1.165) is 46.7 Å². The van der Waals surface area contributed by atoms with Crippen LogP contribution in [0.3, 0.4) is 0 Å². The van der Waals surface area contributed by atoms with E-state index < -0.39 is 23.6 Å². The zero-order valence-corrected chi connectivity index (χ0v) is 18.0. The summed E-state index contributed by atoms with van der Waals surface area (Å²) >= 11 is 0. The Bertz CT molecular complexity index is 1230. The van der Waals surface area contributed by atoms with Crippen LogP contribution in [-0.2, 0) is 22.2 Å². The molecule has 0 atom stereocenters. The van der Waals surface area contributed by atoms with Gasteiger partial charge in [-0.05, 0) is 60.9 Å². The topological polar surface area (TPSA) is 49.4 Å². The highest BCUT2D eigenvalue weighted by molar-refractivity contribution is 6.46. The Hall–Kier alpha value is -3.87. The van der Waals surface area contributed by atoms with E-state index in [2.05, 4.69) is 5.32 Å². The number of benzene rings is 3. The van der Waals surface area contributed by atoms with Gasteiger partial charge in [0.2, 0.25) is 0 Å². The molecule has 33 heavy (non-hydrogen) atoms. The third-order valence-corrected chi connectivity index (χ3v) is 5.51. The molecular formula is C26H21F3N2O2. The molecule has 2 amide bonds. The molecule has 4 nitrogen and oxygen atoms in total. The molecule has 1 aliphatic heterocycles. The monoisotopic (exact) mass is 450 g/mol. The zero-order chi connectivity index (χ0) is 23.8. The van der Waals surface area contributed by atoms with Gasteiger partial charge in [-0.3, -0.25) is 9.59 Å². The zero-order valence-electron chi connectivity index (χ0n) is 18.0. The predicted octanol–water partition coefficient (Wildman–Crippen LogP) is 5.97. The molecule has 0 spiro atoms. The maximum atomic E-state index is 13.4. The molecule has 1 N–H and O–H groups in total. The second-order valence-corrected chi connectivity index (χ2v) is 7.78. The Labute approximate surface area is 189 Å². The Balaban J connectivity index is 1.75. The lowest BCUT2D eigenvalue weighted by atomic mass is 10.0. The Kier molecular flexibility index (Phi) is 5.80. The first kappa shape index (κ1) is 22.3. The van der Waals surface area contributed by atoms with Gasteiger partial charge in [-0.1, -0.05) is 48.9 Å². The maximum absolute atomic E-state index is 13.4. The number of hydrogen-bond acceptors (Lipinski definition) is 3. The lowest BCUT2D eigenvalue weighted by molar-refractivity contribution is -0.137. The Morgan fingerprint density at radius 2 is 1.42 bits per heavy atom. The quantitative estimate of drug-likeness (QED) is 0.487. The third-order valence-electron chi connectivity index (χ3n) is 5.51. The number of halogens is 3. The largest absolute Gasteiger partial charge is 0.416 e. The highest BCUT2D eigenvalue weighted by Gasteiger charge is 2.40. The summed E-state index contributed by atoms with van der Waals surface area (Å²) in [6.07, 6.45) is -3.66. The van der Waals surface area contributed by atoms with Gasteiger partial charge in [0, 0.05) is 5.69 Å². The molecule has 4 rings (SSSR count). The number of carbonyl (C=O) groups is 2. The smallest absolute Gasteiger partial charge is 0.350 e. The third kappa shape index (κ3) is 4.39. The number of alkyl halides is 3. The minimum absolute atomic E-state index is 0.0701. The van der Waals surface area contributed by atoms with E-state index >= 15 is 0 Å². The molecule has 3 aromatic carbocycles. The van der Waals surface area contributed by atoms with Gasteiger partial charge >= 0.3 is 6.18 Å². The molecule has 0 saturated heterocycles. The number of hydrogen-bond donors (Lipinski definition) is 1. The highest BCUT2D eigenvalue weighted by atomic mass is 19.4. The second kappa shape index (κ2) is 8.58. The lowest BCUT2D eigenvalue weighted by Gasteiger charge is -2.16. The molecule has 7 heteroatoms. The van der Waals surface area contributed by atoms with Crippen molar-refractivity contribution in [3.63, 3.8) is 0 Å². The van der Waals surface area contributed by atoms with Crippen LogP contribution >= 0.6 is 0 Å². The second-order valence-electron chi connectivity index (χ2n) is 7.78. The van der Waals surface area contributed by atoms with Crippen molar-refractivity contribution in [1.82, 2.24) is 0 Å². The van der Waals surface area contributed by atoms with Gasteiger partial charge in [0.05, 0.1) is 16.8 Å². The molecule has 0 aliphatic carbocycles. The summed E-state index contributed by atoms with van der Waals surface area (Å²) < 4.78 is 38.9. The van der Waals surface area contributed by atoms with Crippen LogP contribution in [0, 0.1) is 6.92 Å². The van der Waals surface area contributed by atoms with Crippen molar-refractivity contribution in [1.29, 1.82) is 0 Å². The summed E-state index contributed by atoms with van der Waals surface area (Å²) in [6.45, 7) is 3.93. The summed E-state index contributed by atoms with van der Waals surface area (Å²) in [5.41, 5.74) is 2.73. The molecule has 3 aromatic rings. The summed E-state index contributed by atoms with van der Waals surface area (Å²) in [6, 6.07) is 18.6. The van der Waals surface area contributed by atoms with E-state index in [4.69, 9.17) is 0 Å². The van der Waals surface area contributed by atoms with E-state index in [0.29, 0.717) is 11.3 Å². The molecule has 1 heterocycles. The number of amides is 2. The molecule has 1 aliphatic rings. The van der Waals surface area contributed by atoms with E-state index in [1.807, 2.05) is 50.2 Å². The molecule has 0 saturated carbocycles. The van der Waals surface area contributed by atoms with Gasteiger partial charge in [0.25, 0.3) is 11.8 Å². The molecule has 168 valence electrons. The lowest BCUT2D eigenvalue weighted by Crippen LogP contribution is -2.32. The van der Waals surface area contributed by atoms with Crippen molar-refractivity contribution in [2.45, 2.75) is 26.4 Å². The van der Waals surface area contributed by atoms with Gasteiger partial charge < -0.3 is 5.32 Å². The highest BCUT2D eigenvalue weighted by Crippen LogP contribution is 2.36. The Morgan fingerprint density at radius 1 is 0.818 bits per heavy atom. The number of nitrogens with zero attached hydrogens (tertiary/aromatic N) is 1. The summed E-state index contributed by atoms with van der Waals surface area (Å²) in [5.74, 6) is -1.23. The van der Waals surface area contributed by atoms with Crippen molar-refractivity contribution in [3.05, 3.63) is 101 Å². The summed E-state index contributed by atoms with van der Waals surface area (Å²) in [7, 11) is 0. The first-order valence-electron chi connectivity index (χ1n) is 10.4. The fourth-order valence-electron chi connectivity index (χ4n) is 3.64. The number of imide groups is 1. The average molecular weight is 450 g/mol. The van der Waals surface area contributed by atoms with Gasteiger partial charge in [-0.25, -0.2) is 4.90 Å². The van der Waals surface area contributed by atoms with Gasteiger partial charge in [0.1, 0.15) is 5.70 Å². The minimum Gasteiger partial charge on any atom is -0.350 e. The molecule has 0 aromatic heterocycles. The van der Waals surface area contributed by atoms with E-state index in [-0.39, 0.29) is 17.0 Å². The Morgan fingerprint density at radius 3 is 1.97 bits per heavy atom. The standard InChI is InChI=1S/C26H21F3N2O2/c1-3-17-6-12-20(13-7-17)30-23-22(18-8-4-16(2)5-9-18)24(32)31(25(23)33)21-14-10-19(11-15-21)26(27,28)29/h4-15,30H,3H2,1-2H3. The van der Waals surface area contributed by atoms with E-state index in [1.54, 1.807) is 12.1 Å². The fourth-order valence-corrected chi connectivity index (χ4v) is 3.64. The van der Waals surface area contributed by atoms with Crippen molar-refractivity contribution in [3.8, 4) is 0 Å². The summed E-state index contributed by atoms with van der Waals surface area (Å²) in [5, 5.41) is 3.06. The van der Waals surface area contributed by atoms with Crippen LogP contribution < -0.4 is 10.2 Å². The van der Waals surface area contributed by atoms with Crippen LogP contribution in [0.1, 0.15) is 29.2 Å². The normalized spacial score (nSPS) is 14.3. The maximum Gasteiger partial charge on any atom is 0.416 e. The van der Waals surface area contributed by atoms with E-state index in [1.165, 1.54) is 0 Å². The van der Waals surface area contributed by atoms with Crippen LogP contribution in [0.25, 0.3) is 5.57 Å². The van der Waals surface area contributed by atoms with Crippen molar-refractivity contribution in [2.75, 3.05) is 10.2 Å². The molecule has 0 radical (unpaired) electrons. The molecular weight excluding hydrogens is 429 g/mol. The fraction of sp³-hybridized carbons (Fsp3) is 0.154. The van der Waals surface area contributed by atoms with E-state index in [9.17, 15) is 22.8 Å². The number of anilines is 2. The molecule has 0 bridgehead atoms. The van der Waals surface area contributed by atoms with Crippen LogP contribution in [0.5, 0.6) is 0 Å². The van der Waals surface area contributed by atoms with Gasteiger partial charge in [-0.15, -0.1) is 0 Å². The number of rotatable bonds is 5. The van der Waals surface area contributed by atoms with Gasteiger partial charge in [-0.2, -0.15) is 13.2 Å². The molecule has 0 unspecified atom stereocenters. The first-order valence-corrected chi connectivity index (χ1v) is 10.4.